The molecule has 92 valence electrons. The van der Waals surface area contributed by atoms with Gasteiger partial charge in [0.1, 0.15) is 5.75 Å². The summed E-state index contributed by atoms with van der Waals surface area (Å²) in [4.78, 5) is 10.6. The molecule has 0 aromatic heterocycles. The van der Waals surface area contributed by atoms with Gasteiger partial charge in [-0.2, -0.15) is 13.2 Å². The number of carboxylic acids is 1. The van der Waals surface area contributed by atoms with E-state index in [9.17, 15) is 18.0 Å². The van der Waals surface area contributed by atoms with E-state index >= 15 is 0 Å². The van der Waals surface area contributed by atoms with Crippen LogP contribution in [0, 0.1) is 0 Å². The van der Waals surface area contributed by atoms with E-state index in [-0.39, 0.29) is 24.3 Å². The molecule has 1 aliphatic heterocycles. The molecule has 1 aromatic carbocycles. The van der Waals surface area contributed by atoms with Gasteiger partial charge in [-0.25, -0.2) is 0 Å². The van der Waals surface area contributed by atoms with Crippen LogP contribution >= 0.6 is 0 Å². The molecule has 0 amide bonds. The number of halogens is 3. The van der Waals surface area contributed by atoms with Gasteiger partial charge in [-0.15, -0.1) is 0 Å². The van der Waals surface area contributed by atoms with Gasteiger partial charge in [0.25, 0.3) is 0 Å². The number of ether oxygens (including phenoxy) is 1. The summed E-state index contributed by atoms with van der Waals surface area (Å²) in [7, 11) is 0. The molecule has 0 radical (unpaired) electrons. The fraction of sp³-hybridized carbons (Fsp3) is 0.364. The maximum absolute atomic E-state index is 12.8. The van der Waals surface area contributed by atoms with Crippen LogP contribution in [0.4, 0.5) is 13.2 Å². The molecule has 1 aromatic rings. The Morgan fingerprint density at radius 3 is 2.76 bits per heavy atom. The molecule has 0 spiro atoms. The highest BCUT2D eigenvalue weighted by molar-refractivity contribution is 5.69. The average molecular weight is 246 g/mol. The maximum Gasteiger partial charge on any atom is 0.416 e. The fourth-order valence-corrected chi connectivity index (χ4v) is 1.98. The molecule has 1 aliphatic rings. The molecule has 0 fully saturated rings. The number of alkyl halides is 3. The summed E-state index contributed by atoms with van der Waals surface area (Å²) in [6, 6.07) is 3.62. The lowest BCUT2D eigenvalue weighted by molar-refractivity contribution is -0.140. The lowest BCUT2D eigenvalue weighted by atomic mass is 9.93. The summed E-state index contributed by atoms with van der Waals surface area (Å²) < 4.78 is 43.3. The summed E-state index contributed by atoms with van der Waals surface area (Å²) in [5.74, 6) is -1.74. The Labute approximate surface area is 94.8 Å². The molecule has 2 rings (SSSR count). The molecule has 1 heterocycles. The lowest BCUT2D eigenvalue weighted by Gasteiger charge is -2.13. The van der Waals surface area contributed by atoms with Crippen LogP contribution in [0.25, 0.3) is 0 Å². The van der Waals surface area contributed by atoms with Crippen molar-refractivity contribution in [2.24, 2.45) is 0 Å². The lowest BCUT2D eigenvalue weighted by Crippen LogP contribution is -2.13. The van der Waals surface area contributed by atoms with Gasteiger partial charge in [0.15, 0.2) is 0 Å². The van der Waals surface area contributed by atoms with Crippen LogP contribution in [0.15, 0.2) is 18.2 Å². The number of rotatable bonds is 2. The predicted octanol–water partition coefficient (Wildman–Crippen LogP) is 2.66. The average Bonchev–Trinajstić information content (AvgIpc) is 2.59. The molecule has 17 heavy (non-hydrogen) atoms. The first-order valence-corrected chi connectivity index (χ1v) is 4.94. The third kappa shape index (κ3) is 2.20. The van der Waals surface area contributed by atoms with Gasteiger partial charge >= 0.3 is 12.1 Å². The van der Waals surface area contributed by atoms with E-state index in [2.05, 4.69) is 0 Å². The monoisotopic (exact) mass is 246 g/mol. The van der Waals surface area contributed by atoms with E-state index in [1.807, 2.05) is 0 Å². The molecule has 0 saturated carbocycles. The SMILES string of the molecule is O=C(O)CC1COc2cccc(C(F)(F)F)c21. The Bertz CT molecular complexity index is 454. The quantitative estimate of drug-likeness (QED) is 0.872. The van der Waals surface area contributed by atoms with Gasteiger partial charge in [-0.3, -0.25) is 4.79 Å². The summed E-state index contributed by atoms with van der Waals surface area (Å²) in [6.45, 7) is -0.0191. The first-order valence-electron chi connectivity index (χ1n) is 4.94. The molecule has 3 nitrogen and oxygen atoms in total. The van der Waals surface area contributed by atoms with E-state index in [0.717, 1.165) is 6.07 Å². The van der Waals surface area contributed by atoms with Crippen LogP contribution in [0.3, 0.4) is 0 Å². The zero-order valence-corrected chi connectivity index (χ0v) is 8.62. The standard InChI is InChI=1S/C11H9F3O3/c12-11(13,14)7-2-1-3-8-10(7)6(5-17-8)4-9(15)16/h1-3,6H,4-5H2,(H,15,16). The van der Waals surface area contributed by atoms with Gasteiger partial charge < -0.3 is 9.84 Å². The van der Waals surface area contributed by atoms with Crippen molar-refractivity contribution in [1.82, 2.24) is 0 Å². The van der Waals surface area contributed by atoms with E-state index in [4.69, 9.17) is 9.84 Å². The topological polar surface area (TPSA) is 46.5 Å². The van der Waals surface area contributed by atoms with E-state index in [1.165, 1.54) is 12.1 Å². The van der Waals surface area contributed by atoms with Crippen molar-refractivity contribution in [2.45, 2.75) is 18.5 Å². The Morgan fingerprint density at radius 1 is 1.47 bits per heavy atom. The van der Waals surface area contributed by atoms with Gasteiger partial charge in [0.2, 0.25) is 0 Å². The molecular formula is C11H9F3O3. The number of carbonyl (C=O) groups is 1. The van der Waals surface area contributed by atoms with Crippen molar-refractivity contribution >= 4 is 5.97 Å². The summed E-state index contributed by atoms with van der Waals surface area (Å²) in [5, 5.41) is 8.66. The maximum atomic E-state index is 12.8. The Morgan fingerprint density at radius 2 is 2.18 bits per heavy atom. The van der Waals surface area contributed by atoms with Crippen molar-refractivity contribution in [3.8, 4) is 5.75 Å². The fourth-order valence-electron chi connectivity index (χ4n) is 1.98. The Kier molecular flexibility index (Phi) is 2.73. The smallest absolute Gasteiger partial charge is 0.416 e. The van der Waals surface area contributed by atoms with Gasteiger partial charge in [-0.05, 0) is 12.1 Å². The molecular weight excluding hydrogens is 237 g/mol. The minimum atomic E-state index is -4.49. The van der Waals surface area contributed by atoms with Gasteiger partial charge in [-0.1, -0.05) is 6.07 Å². The number of fused-ring (bicyclic) bond motifs is 1. The van der Waals surface area contributed by atoms with Crippen molar-refractivity contribution in [2.75, 3.05) is 6.61 Å². The minimum absolute atomic E-state index is 0.0191. The van der Waals surface area contributed by atoms with Crippen molar-refractivity contribution in [3.05, 3.63) is 29.3 Å². The first-order chi connectivity index (χ1) is 7.89. The molecule has 0 aliphatic carbocycles. The highest BCUT2D eigenvalue weighted by Gasteiger charge is 2.39. The van der Waals surface area contributed by atoms with Crippen molar-refractivity contribution < 1.29 is 27.8 Å². The molecule has 1 unspecified atom stereocenters. The predicted molar refractivity (Wildman–Crippen MR) is 51.9 cm³/mol. The number of hydrogen-bond acceptors (Lipinski definition) is 2. The largest absolute Gasteiger partial charge is 0.493 e. The van der Waals surface area contributed by atoms with E-state index < -0.39 is 23.6 Å². The number of carboxylic acid groups (broad SMARTS) is 1. The normalized spacial score (nSPS) is 18.6. The van der Waals surface area contributed by atoms with Crippen molar-refractivity contribution in [1.29, 1.82) is 0 Å². The van der Waals surface area contributed by atoms with Crippen LogP contribution in [-0.2, 0) is 11.0 Å². The highest BCUT2D eigenvalue weighted by atomic mass is 19.4. The second kappa shape index (κ2) is 3.94. The van der Waals surface area contributed by atoms with Crippen LogP contribution in [0.2, 0.25) is 0 Å². The first kappa shape index (κ1) is 11.8. The zero-order valence-electron chi connectivity index (χ0n) is 8.62. The second-order valence-corrected chi connectivity index (χ2v) is 3.82. The van der Waals surface area contributed by atoms with Crippen LogP contribution in [-0.4, -0.2) is 17.7 Å². The van der Waals surface area contributed by atoms with E-state index in [0.29, 0.717) is 0 Å². The summed E-state index contributed by atoms with van der Waals surface area (Å²) in [6.07, 6.45) is -4.85. The molecule has 1 N–H and O–H groups in total. The van der Waals surface area contributed by atoms with Gasteiger partial charge in [0, 0.05) is 11.5 Å². The Hall–Kier alpha value is -1.72. The molecule has 1 atom stereocenters. The number of aliphatic carboxylic acids is 1. The summed E-state index contributed by atoms with van der Waals surface area (Å²) in [5.41, 5.74) is -0.846. The summed E-state index contributed by atoms with van der Waals surface area (Å²) >= 11 is 0. The Balaban J connectivity index is 2.45. The molecule has 0 bridgehead atoms. The van der Waals surface area contributed by atoms with Crippen LogP contribution < -0.4 is 4.74 Å². The van der Waals surface area contributed by atoms with Crippen LogP contribution in [0.1, 0.15) is 23.5 Å². The minimum Gasteiger partial charge on any atom is -0.493 e. The number of hydrogen-bond donors (Lipinski definition) is 1. The van der Waals surface area contributed by atoms with Crippen LogP contribution in [0.5, 0.6) is 5.75 Å². The second-order valence-electron chi connectivity index (χ2n) is 3.82. The third-order valence-corrected chi connectivity index (χ3v) is 2.64. The molecule has 0 saturated heterocycles. The third-order valence-electron chi connectivity index (χ3n) is 2.64. The zero-order chi connectivity index (χ0) is 12.6. The van der Waals surface area contributed by atoms with Crippen molar-refractivity contribution in [3.63, 3.8) is 0 Å². The van der Waals surface area contributed by atoms with Gasteiger partial charge in [0.05, 0.1) is 18.6 Å². The van der Waals surface area contributed by atoms with E-state index in [1.54, 1.807) is 0 Å². The molecule has 6 heteroatoms. The number of benzene rings is 1. The highest BCUT2D eigenvalue weighted by Crippen LogP contribution is 2.44.